The van der Waals surface area contributed by atoms with Gasteiger partial charge < -0.3 is 15.6 Å². The van der Waals surface area contributed by atoms with E-state index in [0.29, 0.717) is 12.5 Å². The SMILES string of the molecule is CCC[C@@H]1C[C@@H](NC(=O)c2ccc(C(F)(F)F)[nH]c2=O)c2ccc(C)cc2N1. The third-order valence-corrected chi connectivity index (χ3v) is 4.87. The Morgan fingerprint density at radius 1 is 1.25 bits per heavy atom. The summed E-state index contributed by atoms with van der Waals surface area (Å²) in [6, 6.07) is 7.31. The summed E-state index contributed by atoms with van der Waals surface area (Å²) in [7, 11) is 0. The molecule has 0 spiro atoms. The van der Waals surface area contributed by atoms with Crippen molar-refractivity contribution in [2.24, 2.45) is 0 Å². The van der Waals surface area contributed by atoms with Crippen LogP contribution in [0.25, 0.3) is 0 Å². The van der Waals surface area contributed by atoms with Gasteiger partial charge in [-0.1, -0.05) is 25.5 Å². The highest BCUT2D eigenvalue weighted by atomic mass is 19.4. The molecule has 0 fully saturated rings. The number of amides is 1. The average molecular weight is 393 g/mol. The molecule has 28 heavy (non-hydrogen) atoms. The van der Waals surface area contributed by atoms with Gasteiger partial charge in [0, 0.05) is 11.7 Å². The summed E-state index contributed by atoms with van der Waals surface area (Å²) < 4.78 is 38.1. The Labute approximate surface area is 160 Å². The normalized spacial score (nSPS) is 18.9. The highest BCUT2D eigenvalue weighted by Crippen LogP contribution is 2.34. The van der Waals surface area contributed by atoms with Crippen LogP contribution in [0.2, 0.25) is 0 Å². The lowest BCUT2D eigenvalue weighted by molar-refractivity contribution is -0.141. The van der Waals surface area contributed by atoms with Gasteiger partial charge in [-0.15, -0.1) is 0 Å². The molecule has 0 radical (unpaired) electrons. The van der Waals surface area contributed by atoms with Crippen molar-refractivity contribution in [2.75, 3.05) is 5.32 Å². The van der Waals surface area contributed by atoms with Gasteiger partial charge in [-0.3, -0.25) is 9.59 Å². The van der Waals surface area contributed by atoms with Crippen LogP contribution in [-0.2, 0) is 6.18 Å². The number of nitrogens with one attached hydrogen (secondary N) is 3. The van der Waals surface area contributed by atoms with E-state index in [9.17, 15) is 22.8 Å². The number of halogens is 3. The molecule has 5 nitrogen and oxygen atoms in total. The fraction of sp³-hybridized carbons (Fsp3) is 0.400. The van der Waals surface area contributed by atoms with Gasteiger partial charge >= 0.3 is 6.18 Å². The van der Waals surface area contributed by atoms with E-state index >= 15 is 0 Å². The fourth-order valence-electron chi connectivity index (χ4n) is 3.52. The van der Waals surface area contributed by atoms with Gasteiger partial charge in [0.2, 0.25) is 0 Å². The van der Waals surface area contributed by atoms with Gasteiger partial charge in [0.1, 0.15) is 11.3 Å². The zero-order valence-electron chi connectivity index (χ0n) is 15.6. The zero-order chi connectivity index (χ0) is 20.5. The minimum absolute atomic E-state index is 0.162. The van der Waals surface area contributed by atoms with Crippen LogP contribution in [-0.4, -0.2) is 16.9 Å². The lowest BCUT2D eigenvalue weighted by Crippen LogP contribution is -2.39. The van der Waals surface area contributed by atoms with Crippen LogP contribution in [0.5, 0.6) is 0 Å². The molecule has 8 heteroatoms. The third-order valence-electron chi connectivity index (χ3n) is 4.87. The monoisotopic (exact) mass is 393 g/mol. The summed E-state index contributed by atoms with van der Waals surface area (Å²) in [5.41, 5.74) is 0.320. The smallest absolute Gasteiger partial charge is 0.382 e. The molecule has 0 saturated heterocycles. The van der Waals surface area contributed by atoms with Crippen molar-refractivity contribution in [1.29, 1.82) is 0 Å². The van der Waals surface area contributed by atoms with Gasteiger partial charge in [0.25, 0.3) is 11.5 Å². The van der Waals surface area contributed by atoms with Crippen molar-refractivity contribution >= 4 is 11.6 Å². The van der Waals surface area contributed by atoms with Gasteiger partial charge in [-0.05, 0) is 49.1 Å². The van der Waals surface area contributed by atoms with Crippen LogP contribution < -0.4 is 16.2 Å². The van der Waals surface area contributed by atoms with Crippen LogP contribution >= 0.6 is 0 Å². The predicted octanol–water partition coefficient (Wildman–Crippen LogP) is 4.16. The van der Waals surface area contributed by atoms with Crippen molar-refractivity contribution in [1.82, 2.24) is 10.3 Å². The van der Waals surface area contributed by atoms with Crippen molar-refractivity contribution < 1.29 is 18.0 Å². The molecule has 3 rings (SSSR count). The molecule has 2 heterocycles. The molecule has 1 amide bonds. The number of pyridine rings is 1. The van der Waals surface area contributed by atoms with Crippen molar-refractivity contribution in [3.63, 3.8) is 0 Å². The van der Waals surface area contributed by atoms with Gasteiger partial charge in [0.05, 0.1) is 6.04 Å². The molecule has 0 unspecified atom stereocenters. The van der Waals surface area contributed by atoms with Crippen LogP contribution in [0.3, 0.4) is 0 Å². The zero-order valence-corrected chi connectivity index (χ0v) is 15.6. The van der Waals surface area contributed by atoms with Crippen molar-refractivity contribution in [3.05, 3.63) is 63.1 Å². The summed E-state index contributed by atoms with van der Waals surface area (Å²) >= 11 is 0. The number of carbonyl (C=O) groups excluding carboxylic acids is 1. The van der Waals surface area contributed by atoms with E-state index in [1.54, 1.807) is 4.98 Å². The Morgan fingerprint density at radius 3 is 2.64 bits per heavy atom. The number of anilines is 1. The second kappa shape index (κ2) is 7.69. The molecule has 1 aromatic heterocycles. The van der Waals surface area contributed by atoms with Gasteiger partial charge in [0.15, 0.2) is 0 Å². The van der Waals surface area contributed by atoms with E-state index in [2.05, 4.69) is 17.6 Å². The van der Waals surface area contributed by atoms with Crippen molar-refractivity contribution in [3.8, 4) is 0 Å². The first kappa shape index (κ1) is 20.0. The van der Waals surface area contributed by atoms with Crippen LogP contribution in [0, 0.1) is 6.92 Å². The lowest BCUT2D eigenvalue weighted by Gasteiger charge is -2.34. The Kier molecular flexibility index (Phi) is 5.49. The molecule has 1 aromatic carbocycles. The number of aromatic nitrogens is 1. The van der Waals surface area contributed by atoms with E-state index < -0.39 is 23.3 Å². The summed E-state index contributed by atoms with van der Waals surface area (Å²) in [5, 5.41) is 6.29. The molecule has 0 saturated carbocycles. The molecule has 2 aromatic rings. The molecule has 150 valence electrons. The minimum Gasteiger partial charge on any atom is -0.382 e. The average Bonchev–Trinajstić information content (AvgIpc) is 2.60. The van der Waals surface area contributed by atoms with E-state index in [1.807, 2.05) is 25.1 Å². The summed E-state index contributed by atoms with van der Waals surface area (Å²) in [6.07, 6.45) is -2.15. The van der Waals surface area contributed by atoms with Gasteiger partial charge in [-0.2, -0.15) is 13.2 Å². The Hall–Kier alpha value is -2.77. The van der Waals surface area contributed by atoms with Crippen molar-refractivity contribution in [2.45, 2.75) is 51.4 Å². The fourth-order valence-corrected chi connectivity index (χ4v) is 3.52. The molecule has 0 bridgehead atoms. The number of rotatable bonds is 4. The maximum absolute atomic E-state index is 12.7. The molecule has 3 N–H and O–H groups in total. The Morgan fingerprint density at radius 2 is 2.00 bits per heavy atom. The lowest BCUT2D eigenvalue weighted by atomic mass is 9.90. The van der Waals surface area contributed by atoms with Crippen LogP contribution in [0.4, 0.5) is 18.9 Å². The van der Waals surface area contributed by atoms with Gasteiger partial charge in [-0.25, -0.2) is 0 Å². The standard InChI is InChI=1S/C20H22F3N3O2/c1-3-4-12-10-16(13-6-5-11(2)9-15(13)24-12)25-18(27)14-7-8-17(20(21,22)23)26-19(14)28/h5-9,12,16,24H,3-4,10H2,1-2H3,(H,25,27)(H,26,28)/t12-,16-/m1/s1. The highest BCUT2D eigenvalue weighted by Gasteiger charge is 2.33. The quantitative estimate of drug-likeness (QED) is 0.730. The first-order chi connectivity index (χ1) is 13.2. The maximum Gasteiger partial charge on any atom is 0.431 e. The van der Waals surface area contributed by atoms with E-state index in [4.69, 9.17) is 0 Å². The summed E-state index contributed by atoms with van der Waals surface area (Å²) in [4.78, 5) is 26.3. The molecule has 2 atom stereocenters. The number of benzene rings is 1. The number of alkyl halides is 3. The maximum atomic E-state index is 12.7. The second-order valence-corrected chi connectivity index (χ2v) is 7.09. The topological polar surface area (TPSA) is 74.0 Å². The summed E-state index contributed by atoms with van der Waals surface area (Å²) in [6.45, 7) is 4.05. The largest absolute Gasteiger partial charge is 0.431 e. The first-order valence-corrected chi connectivity index (χ1v) is 9.17. The second-order valence-electron chi connectivity index (χ2n) is 7.09. The Bertz CT molecular complexity index is 937. The van der Waals surface area contributed by atoms with E-state index in [1.165, 1.54) is 0 Å². The van der Waals surface area contributed by atoms with Crippen LogP contribution in [0.15, 0.2) is 35.1 Å². The number of hydrogen-bond acceptors (Lipinski definition) is 3. The number of carbonyl (C=O) groups is 1. The number of H-pyrrole nitrogens is 1. The Balaban J connectivity index is 1.86. The highest BCUT2D eigenvalue weighted by molar-refractivity contribution is 5.94. The molecule has 1 aliphatic rings. The number of hydrogen-bond donors (Lipinski definition) is 3. The minimum atomic E-state index is -4.67. The van der Waals surface area contributed by atoms with E-state index in [0.717, 1.165) is 35.7 Å². The summed E-state index contributed by atoms with van der Waals surface area (Å²) in [5.74, 6) is -0.691. The molecule has 1 aliphatic heterocycles. The van der Waals surface area contributed by atoms with Crippen LogP contribution in [0.1, 0.15) is 59.4 Å². The number of aromatic amines is 1. The molecule has 0 aliphatic carbocycles. The molecular weight excluding hydrogens is 371 g/mol. The predicted molar refractivity (Wildman–Crippen MR) is 100 cm³/mol. The third kappa shape index (κ3) is 4.21. The van der Waals surface area contributed by atoms with E-state index in [-0.39, 0.29) is 17.6 Å². The number of fused-ring (bicyclic) bond motifs is 1. The molecular formula is C20H22F3N3O2. The number of aryl methyl sites for hydroxylation is 1. The first-order valence-electron chi connectivity index (χ1n) is 9.17.